The van der Waals surface area contributed by atoms with Gasteiger partial charge in [0.2, 0.25) is 0 Å². The topological polar surface area (TPSA) is 37.6 Å². The average Bonchev–Trinajstić information content (AvgIpc) is 2.84. The van der Waals surface area contributed by atoms with Crippen LogP contribution in [-0.4, -0.2) is 21.8 Å². The van der Waals surface area contributed by atoms with E-state index in [9.17, 15) is 4.79 Å². The number of anilines is 1. The van der Waals surface area contributed by atoms with Crippen molar-refractivity contribution in [3.8, 4) is 0 Å². The highest BCUT2D eigenvalue weighted by molar-refractivity contribution is 6.36. The Hall–Kier alpha value is -2.04. The van der Waals surface area contributed by atoms with E-state index in [4.69, 9.17) is 23.2 Å². The van der Waals surface area contributed by atoms with Crippen LogP contribution in [0, 0.1) is 13.8 Å². The predicted molar refractivity (Wildman–Crippen MR) is 98.5 cm³/mol. The van der Waals surface area contributed by atoms with Gasteiger partial charge >= 0.3 is 0 Å². The first-order valence-electron chi connectivity index (χ1n) is 7.64. The molecule has 0 fully saturated rings. The van der Waals surface area contributed by atoms with Crippen LogP contribution in [0.2, 0.25) is 10.0 Å². The van der Waals surface area contributed by atoms with Crippen molar-refractivity contribution in [3.63, 3.8) is 0 Å². The summed E-state index contributed by atoms with van der Waals surface area (Å²) in [6.07, 6.45) is 1.67. The van der Waals surface area contributed by atoms with Crippen LogP contribution in [0.5, 0.6) is 0 Å². The molecule has 1 amide bonds. The number of fused-ring (bicyclic) bond motifs is 1. The molecule has 0 spiro atoms. The van der Waals surface area contributed by atoms with Gasteiger partial charge in [0.05, 0.1) is 15.7 Å². The third kappa shape index (κ3) is 2.87. The van der Waals surface area contributed by atoms with E-state index < -0.39 is 0 Å². The summed E-state index contributed by atoms with van der Waals surface area (Å²) >= 11 is 12.3. The zero-order valence-corrected chi connectivity index (χ0v) is 15.2. The lowest BCUT2D eigenvalue weighted by atomic mass is 10.2. The van der Waals surface area contributed by atoms with Crippen LogP contribution < -0.4 is 4.90 Å². The molecule has 2 aromatic heterocycles. The number of nitrogens with zero attached hydrogens (tertiary/aromatic N) is 3. The van der Waals surface area contributed by atoms with Gasteiger partial charge in [-0.25, -0.2) is 4.98 Å². The zero-order chi connectivity index (χ0) is 17.4. The van der Waals surface area contributed by atoms with Crippen molar-refractivity contribution in [2.24, 2.45) is 0 Å². The minimum atomic E-state index is -0.133. The molecule has 1 aromatic carbocycles. The number of halogens is 2. The van der Waals surface area contributed by atoms with E-state index in [1.165, 1.54) is 0 Å². The van der Waals surface area contributed by atoms with Crippen molar-refractivity contribution in [2.75, 3.05) is 11.4 Å². The highest BCUT2D eigenvalue weighted by Gasteiger charge is 2.24. The van der Waals surface area contributed by atoms with E-state index in [0.717, 1.165) is 11.3 Å². The van der Waals surface area contributed by atoms with E-state index in [2.05, 4.69) is 4.98 Å². The van der Waals surface area contributed by atoms with Gasteiger partial charge in [0, 0.05) is 18.4 Å². The summed E-state index contributed by atoms with van der Waals surface area (Å²) < 4.78 is 1.67. The first-order valence-corrected chi connectivity index (χ1v) is 8.40. The second kappa shape index (κ2) is 6.46. The molecule has 0 aliphatic carbocycles. The number of carbonyl (C=O) groups is 1. The van der Waals surface area contributed by atoms with Crippen LogP contribution in [-0.2, 0) is 0 Å². The Morgan fingerprint density at radius 3 is 2.67 bits per heavy atom. The molecule has 0 unspecified atom stereocenters. The van der Waals surface area contributed by atoms with Crippen LogP contribution in [0.15, 0.2) is 36.5 Å². The number of rotatable bonds is 3. The van der Waals surface area contributed by atoms with Crippen LogP contribution >= 0.6 is 23.2 Å². The number of aryl methyl sites for hydroxylation is 2. The molecule has 0 aliphatic heterocycles. The molecule has 6 heteroatoms. The van der Waals surface area contributed by atoms with Crippen LogP contribution in [0.3, 0.4) is 0 Å². The molecule has 0 atom stereocenters. The van der Waals surface area contributed by atoms with E-state index in [-0.39, 0.29) is 5.91 Å². The summed E-state index contributed by atoms with van der Waals surface area (Å²) in [4.78, 5) is 19.3. The largest absolute Gasteiger partial charge is 0.307 e. The van der Waals surface area contributed by atoms with Gasteiger partial charge in [0.15, 0.2) is 5.65 Å². The molecule has 0 saturated heterocycles. The number of benzene rings is 1. The summed E-state index contributed by atoms with van der Waals surface area (Å²) in [7, 11) is 0. The molecule has 3 aromatic rings. The van der Waals surface area contributed by atoms with E-state index in [1.807, 2.05) is 38.1 Å². The first-order chi connectivity index (χ1) is 11.4. The second-order valence-corrected chi connectivity index (χ2v) is 6.48. The van der Waals surface area contributed by atoms with E-state index in [1.54, 1.807) is 28.5 Å². The Morgan fingerprint density at radius 1 is 1.25 bits per heavy atom. The maximum atomic E-state index is 13.2. The molecular weight excluding hydrogens is 345 g/mol. The molecule has 124 valence electrons. The quantitative estimate of drug-likeness (QED) is 0.663. The average molecular weight is 362 g/mol. The molecule has 3 rings (SSSR count). The summed E-state index contributed by atoms with van der Waals surface area (Å²) in [5, 5.41) is 0.876. The summed E-state index contributed by atoms with van der Waals surface area (Å²) in [6.45, 7) is 6.29. The predicted octanol–water partition coefficient (Wildman–Crippen LogP) is 4.92. The van der Waals surface area contributed by atoms with Crippen LogP contribution in [0.4, 0.5) is 5.69 Å². The molecule has 24 heavy (non-hydrogen) atoms. The van der Waals surface area contributed by atoms with Crippen molar-refractivity contribution in [1.82, 2.24) is 9.38 Å². The SMILES string of the molecule is CCN(C(=O)c1c(C)nc2c(Cl)cc(Cl)cn12)c1cccc(C)c1. The standard InChI is InChI=1S/C18H17Cl2N3O/c1-4-22(14-7-5-6-11(2)8-14)18(24)16-12(3)21-17-15(20)9-13(19)10-23(16)17/h5-10H,4H2,1-3H3. The van der Waals surface area contributed by atoms with Crippen LogP contribution in [0.1, 0.15) is 28.7 Å². The number of amides is 1. The Morgan fingerprint density at radius 2 is 2.00 bits per heavy atom. The minimum Gasteiger partial charge on any atom is -0.307 e. The Bertz CT molecular complexity index is 933. The lowest BCUT2D eigenvalue weighted by Crippen LogP contribution is -2.32. The van der Waals surface area contributed by atoms with Crippen molar-refractivity contribution >= 4 is 40.4 Å². The van der Waals surface area contributed by atoms with Crippen molar-refractivity contribution in [2.45, 2.75) is 20.8 Å². The fourth-order valence-electron chi connectivity index (χ4n) is 2.81. The highest BCUT2D eigenvalue weighted by atomic mass is 35.5. The number of aromatic nitrogens is 2. The fraction of sp³-hybridized carbons (Fsp3) is 0.222. The number of pyridine rings is 1. The zero-order valence-electron chi connectivity index (χ0n) is 13.7. The molecule has 2 heterocycles. The molecule has 0 N–H and O–H groups in total. The smallest absolute Gasteiger partial charge is 0.277 e. The van der Waals surface area contributed by atoms with E-state index in [0.29, 0.717) is 33.6 Å². The van der Waals surface area contributed by atoms with Gasteiger partial charge in [-0.3, -0.25) is 9.20 Å². The number of hydrogen-bond acceptors (Lipinski definition) is 2. The van der Waals surface area contributed by atoms with Crippen molar-refractivity contribution in [3.05, 3.63) is 63.5 Å². The van der Waals surface area contributed by atoms with Crippen molar-refractivity contribution < 1.29 is 4.79 Å². The van der Waals surface area contributed by atoms with Gasteiger partial charge in [-0.2, -0.15) is 0 Å². The molecular formula is C18H17Cl2N3O. The second-order valence-electron chi connectivity index (χ2n) is 5.63. The van der Waals surface area contributed by atoms with Gasteiger partial charge in [-0.15, -0.1) is 0 Å². The third-order valence-electron chi connectivity index (χ3n) is 3.89. The first kappa shape index (κ1) is 16.8. The van der Waals surface area contributed by atoms with E-state index >= 15 is 0 Å². The molecule has 0 bridgehead atoms. The van der Waals surface area contributed by atoms with Crippen molar-refractivity contribution in [1.29, 1.82) is 0 Å². The minimum absolute atomic E-state index is 0.133. The highest BCUT2D eigenvalue weighted by Crippen LogP contribution is 2.26. The maximum Gasteiger partial charge on any atom is 0.277 e. The van der Waals surface area contributed by atoms with Crippen LogP contribution in [0.25, 0.3) is 5.65 Å². The summed E-state index contributed by atoms with van der Waals surface area (Å²) in [6, 6.07) is 9.47. The summed E-state index contributed by atoms with van der Waals surface area (Å²) in [5.41, 5.74) is 3.57. The van der Waals surface area contributed by atoms with Gasteiger partial charge in [-0.05, 0) is 44.5 Å². The Balaban J connectivity index is 2.15. The lowest BCUT2D eigenvalue weighted by molar-refractivity contribution is 0.0982. The Kier molecular flexibility index (Phi) is 4.52. The molecule has 0 aliphatic rings. The molecule has 4 nitrogen and oxygen atoms in total. The molecule has 0 saturated carbocycles. The third-order valence-corrected chi connectivity index (χ3v) is 4.38. The fourth-order valence-corrected chi connectivity index (χ4v) is 3.32. The van der Waals surface area contributed by atoms with Gasteiger partial charge < -0.3 is 4.90 Å². The normalized spacial score (nSPS) is 11.0. The van der Waals surface area contributed by atoms with Gasteiger partial charge in [0.25, 0.3) is 5.91 Å². The number of carbonyl (C=O) groups excluding carboxylic acids is 1. The Labute approximate surface area is 150 Å². The lowest BCUT2D eigenvalue weighted by Gasteiger charge is -2.21. The molecule has 0 radical (unpaired) electrons. The number of hydrogen-bond donors (Lipinski definition) is 0. The monoisotopic (exact) mass is 361 g/mol. The maximum absolute atomic E-state index is 13.2. The van der Waals surface area contributed by atoms with Gasteiger partial charge in [0.1, 0.15) is 5.69 Å². The number of imidazole rings is 1. The summed E-state index contributed by atoms with van der Waals surface area (Å²) in [5.74, 6) is -0.133. The van der Waals surface area contributed by atoms with Gasteiger partial charge in [-0.1, -0.05) is 35.3 Å².